The molecule has 0 aliphatic heterocycles. The molecule has 0 spiro atoms. The molecule has 0 aromatic heterocycles. The highest BCUT2D eigenvalue weighted by atomic mass is 19.2. The molecule has 30 heavy (non-hydrogen) atoms. The second-order valence-electron chi connectivity index (χ2n) is 6.69. The van der Waals surface area contributed by atoms with Gasteiger partial charge in [0.05, 0.1) is 6.61 Å². The first kappa shape index (κ1) is 27.2. The number of allylic oxidation sites excluding steroid dienone is 12. The van der Waals surface area contributed by atoms with Gasteiger partial charge in [0.25, 0.3) is 0 Å². The molecule has 0 amide bonds. The summed E-state index contributed by atoms with van der Waals surface area (Å²) in [4.78, 5) is 0. The van der Waals surface area contributed by atoms with E-state index < -0.39 is 17.5 Å². The fourth-order valence-corrected chi connectivity index (χ4v) is 2.07. The minimum absolute atomic E-state index is 0.0439. The number of ether oxygens (including phenoxy) is 1. The third kappa shape index (κ3) is 8.66. The summed E-state index contributed by atoms with van der Waals surface area (Å²) in [5, 5.41) is 0. The van der Waals surface area contributed by atoms with Crippen LogP contribution < -0.4 is 0 Å². The summed E-state index contributed by atoms with van der Waals surface area (Å²) < 4.78 is 47.9. The summed E-state index contributed by atoms with van der Waals surface area (Å²) >= 11 is 0. The maximum Gasteiger partial charge on any atom is 0.166 e. The molecule has 0 aliphatic carbocycles. The molecule has 0 heterocycles. The Morgan fingerprint density at radius 2 is 1.47 bits per heavy atom. The van der Waals surface area contributed by atoms with E-state index in [1.54, 1.807) is 0 Å². The normalized spacial score (nSPS) is 13.4. The Kier molecular flexibility index (Phi) is 12.1. The van der Waals surface area contributed by atoms with Crippen LogP contribution in [0.1, 0.15) is 20.3 Å². The van der Waals surface area contributed by atoms with Gasteiger partial charge in [-0.25, -0.2) is 13.2 Å². The predicted octanol–water partition coefficient (Wildman–Crippen LogP) is 8.13. The van der Waals surface area contributed by atoms with Crippen LogP contribution in [0.15, 0.2) is 121 Å². The van der Waals surface area contributed by atoms with Gasteiger partial charge in [0, 0.05) is 18.1 Å². The van der Waals surface area contributed by atoms with Gasteiger partial charge in [0.15, 0.2) is 11.7 Å². The van der Waals surface area contributed by atoms with Gasteiger partial charge in [-0.05, 0) is 47.3 Å². The molecule has 4 heteroatoms. The first-order valence-corrected chi connectivity index (χ1v) is 9.41. The van der Waals surface area contributed by atoms with E-state index >= 15 is 0 Å². The van der Waals surface area contributed by atoms with Gasteiger partial charge in [-0.2, -0.15) is 0 Å². The predicted molar refractivity (Wildman–Crippen MR) is 123 cm³/mol. The second-order valence-corrected chi connectivity index (χ2v) is 6.69. The summed E-state index contributed by atoms with van der Waals surface area (Å²) in [6.45, 7) is 30.0. The molecule has 0 bridgehead atoms. The Balaban J connectivity index is 5.17. The van der Waals surface area contributed by atoms with Gasteiger partial charge in [0.1, 0.15) is 5.83 Å². The zero-order chi connectivity index (χ0) is 23.4. The Bertz CT molecular complexity index is 834. The average Bonchev–Trinajstić information content (AvgIpc) is 2.72. The Morgan fingerprint density at radius 1 is 0.900 bits per heavy atom. The van der Waals surface area contributed by atoms with Crippen molar-refractivity contribution in [3.63, 3.8) is 0 Å². The summed E-state index contributed by atoms with van der Waals surface area (Å²) in [6, 6.07) is 0. The molecule has 0 N–H and O–H groups in total. The molecule has 0 aromatic rings. The molecule has 1 nitrogen and oxygen atoms in total. The fourth-order valence-electron chi connectivity index (χ4n) is 2.07. The van der Waals surface area contributed by atoms with Crippen molar-refractivity contribution in [1.29, 1.82) is 0 Å². The van der Waals surface area contributed by atoms with Crippen LogP contribution in [0, 0.1) is 5.92 Å². The number of hydrogen-bond acceptors (Lipinski definition) is 1. The molecule has 0 fully saturated rings. The average molecular weight is 417 g/mol. The SMILES string of the molecule is C=CCC(=C)/C(F)=C(/F)C(=C)C(=C)/C=C\C(=C)C(=C)/C=C(/F)C(=C)C(C)COCC. The van der Waals surface area contributed by atoms with Crippen LogP contribution in [0.4, 0.5) is 13.2 Å². The third-order valence-electron chi connectivity index (χ3n) is 4.22. The molecular formula is C26H31F3O. The van der Waals surface area contributed by atoms with Crippen LogP contribution in [-0.4, -0.2) is 13.2 Å². The molecule has 0 aromatic carbocycles. The molecule has 1 atom stereocenters. The van der Waals surface area contributed by atoms with Crippen LogP contribution in [0.25, 0.3) is 0 Å². The maximum atomic E-state index is 14.4. The quantitative estimate of drug-likeness (QED) is 0.205. The van der Waals surface area contributed by atoms with Crippen LogP contribution in [0.5, 0.6) is 0 Å². The van der Waals surface area contributed by atoms with Crippen LogP contribution >= 0.6 is 0 Å². The van der Waals surface area contributed by atoms with E-state index in [-0.39, 0.29) is 29.1 Å². The Labute approximate surface area is 179 Å². The van der Waals surface area contributed by atoms with E-state index in [1.807, 2.05) is 13.8 Å². The van der Waals surface area contributed by atoms with Gasteiger partial charge in [0.2, 0.25) is 0 Å². The second kappa shape index (κ2) is 13.4. The number of halogens is 3. The van der Waals surface area contributed by atoms with Crippen molar-refractivity contribution >= 4 is 0 Å². The largest absolute Gasteiger partial charge is 0.381 e. The molecule has 0 saturated carbocycles. The van der Waals surface area contributed by atoms with E-state index in [0.717, 1.165) is 0 Å². The highest BCUT2D eigenvalue weighted by molar-refractivity contribution is 5.53. The molecule has 0 rings (SSSR count). The van der Waals surface area contributed by atoms with E-state index in [9.17, 15) is 13.2 Å². The number of hydrogen-bond donors (Lipinski definition) is 0. The molecule has 162 valence electrons. The third-order valence-corrected chi connectivity index (χ3v) is 4.22. The van der Waals surface area contributed by atoms with Gasteiger partial charge >= 0.3 is 0 Å². The zero-order valence-corrected chi connectivity index (χ0v) is 18.0. The maximum absolute atomic E-state index is 14.4. The molecule has 0 aliphatic rings. The summed E-state index contributed by atoms with van der Waals surface area (Å²) in [7, 11) is 0. The standard InChI is InChI=1S/C26H31F3O/c1-10-12-19(5)25(28)26(29)23(9)18(4)14-13-17(3)20(6)15-24(27)22(8)21(7)16-30-11-2/h10,13-15,21H,1,3-6,8-9,11-12,16H2,2,7H3/b14-13-,24-15+,26-25-. The topological polar surface area (TPSA) is 9.23 Å². The minimum Gasteiger partial charge on any atom is -0.381 e. The van der Waals surface area contributed by atoms with Gasteiger partial charge in [-0.1, -0.05) is 64.6 Å². The van der Waals surface area contributed by atoms with Crippen molar-refractivity contribution in [3.8, 4) is 0 Å². The van der Waals surface area contributed by atoms with E-state index in [1.165, 1.54) is 24.3 Å². The lowest BCUT2D eigenvalue weighted by Crippen LogP contribution is -2.08. The lowest BCUT2D eigenvalue weighted by molar-refractivity contribution is 0.126. The molecular weight excluding hydrogens is 385 g/mol. The van der Waals surface area contributed by atoms with E-state index in [4.69, 9.17) is 4.74 Å². The van der Waals surface area contributed by atoms with Crippen molar-refractivity contribution in [2.75, 3.05) is 13.2 Å². The van der Waals surface area contributed by atoms with Crippen molar-refractivity contribution in [1.82, 2.24) is 0 Å². The Hall–Kier alpha value is -2.85. The monoisotopic (exact) mass is 416 g/mol. The first-order chi connectivity index (χ1) is 14.0. The fraction of sp³-hybridized carbons (Fsp3) is 0.231. The van der Waals surface area contributed by atoms with E-state index in [2.05, 4.69) is 46.1 Å². The molecule has 0 saturated heterocycles. The van der Waals surface area contributed by atoms with Gasteiger partial charge in [-0.15, -0.1) is 6.58 Å². The van der Waals surface area contributed by atoms with E-state index in [0.29, 0.717) is 29.9 Å². The zero-order valence-electron chi connectivity index (χ0n) is 18.0. The van der Waals surface area contributed by atoms with Gasteiger partial charge < -0.3 is 4.74 Å². The van der Waals surface area contributed by atoms with Crippen molar-refractivity contribution in [3.05, 3.63) is 121 Å². The van der Waals surface area contributed by atoms with Crippen LogP contribution in [0.2, 0.25) is 0 Å². The van der Waals surface area contributed by atoms with Gasteiger partial charge in [-0.3, -0.25) is 0 Å². The highest BCUT2D eigenvalue weighted by Crippen LogP contribution is 2.28. The molecule has 0 radical (unpaired) electrons. The van der Waals surface area contributed by atoms with Crippen molar-refractivity contribution < 1.29 is 17.9 Å². The first-order valence-electron chi connectivity index (χ1n) is 9.41. The van der Waals surface area contributed by atoms with Crippen LogP contribution in [-0.2, 0) is 4.74 Å². The highest BCUT2D eigenvalue weighted by Gasteiger charge is 2.14. The number of rotatable bonds is 14. The van der Waals surface area contributed by atoms with Crippen molar-refractivity contribution in [2.24, 2.45) is 5.92 Å². The smallest absolute Gasteiger partial charge is 0.166 e. The lowest BCUT2D eigenvalue weighted by atomic mass is 9.99. The summed E-state index contributed by atoms with van der Waals surface area (Å²) in [6.07, 6.45) is 5.61. The van der Waals surface area contributed by atoms with Crippen LogP contribution in [0.3, 0.4) is 0 Å². The Morgan fingerprint density at radius 3 is 2.00 bits per heavy atom. The summed E-state index contributed by atoms with van der Waals surface area (Å²) in [5.41, 5.74) is 0.812. The lowest BCUT2D eigenvalue weighted by Gasteiger charge is -2.13. The van der Waals surface area contributed by atoms with Crippen molar-refractivity contribution in [2.45, 2.75) is 20.3 Å². The molecule has 1 unspecified atom stereocenters. The minimum atomic E-state index is -1.15. The summed E-state index contributed by atoms with van der Waals surface area (Å²) in [5.74, 6) is -2.96.